The third-order valence-corrected chi connectivity index (χ3v) is 2.71. The van der Waals surface area contributed by atoms with Crippen molar-refractivity contribution in [2.24, 2.45) is 5.73 Å². The number of phenols is 1. The van der Waals surface area contributed by atoms with Gasteiger partial charge in [0.15, 0.2) is 0 Å². The van der Waals surface area contributed by atoms with Gasteiger partial charge in [-0.15, -0.1) is 0 Å². The molecule has 6 heteroatoms. The number of hydrogen-bond acceptors (Lipinski definition) is 4. The summed E-state index contributed by atoms with van der Waals surface area (Å²) in [7, 11) is 0. The van der Waals surface area contributed by atoms with Crippen LogP contribution in [0.25, 0.3) is 5.69 Å². The van der Waals surface area contributed by atoms with Crippen molar-refractivity contribution in [1.82, 2.24) is 9.78 Å². The first-order valence-corrected chi connectivity index (χ1v) is 5.66. The molecular formula is C12H15N3O3. The summed E-state index contributed by atoms with van der Waals surface area (Å²) in [6.07, 6.45) is 1.07. The van der Waals surface area contributed by atoms with Gasteiger partial charge < -0.3 is 15.9 Å². The molecule has 0 aliphatic rings. The molecule has 1 aromatic heterocycles. The van der Waals surface area contributed by atoms with E-state index in [1.807, 2.05) is 0 Å². The first kappa shape index (κ1) is 12.3. The number of nitrogens with two attached hydrogens (primary N) is 1. The van der Waals surface area contributed by atoms with Crippen molar-refractivity contribution < 1.29 is 10.2 Å². The van der Waals surface area contributed by atoms with Crippen molar-refractivity contribution in [3.63, 3.8) is 0 Å². The Kier molecular flexibility index (Phi) is 3.38. The van der Waals surface area contributed by atoms with E-state index in [-0.39, 0.29) is 17.2 Å². The highest BCUT2D eigenvalue weighted by Gasteiger charge is 2.14. The zero-order chi connectivity index (χ0) is 13.1. The summed E-state index contributed by atoms with van der Waals surface area (Å²) in [5.41, 5.74) is 5.96. The van der Waals surface area contributed by atoms with Crippen LogP contribution in [0, 0.1) is 0 Å². The molecular weight excluding hydrogens is 234 g/mol. The van der Waals surface area contributed by atoms with Crippen LogP contribution in [0.3, 0.4) is 0 Å². The predicted octanol–water partition coefficient (Wildman–Crippen LogP) is 0.468. The SMILES string of the molecule is NCCCc1c(O)n(-c2ccc(O)cc2)[nH]c1=O. The Morgan fingerprint density at radius 3 is 2.50 bits per heavy atom. The Labute approximate surface area is 103 Å². The van der Waals surface area contributed by atoms with Gasteiger partial charge in [0.1, 0.15) is 5.75 Å². The number of nitrogens with zero attached hydrogens (tertiary/aromatic N) is 1. The largest absolute Gasteiger partial charge is 0.508 e. The minimum atomic E-state index is -0.325. The summed E-state index contributed by atoms with van der Waals surface area (Å²) in [6, 6.07) is 6.15. The molecule has 18 heavy (non-hydrogen) atoms. The fraction of sp³-hybridized carbons (Fsp3) is 0.250. The van der Waals surface area contributed by atoms with Crippen molar-refractivity contribution in [2.75, 3.05) is 6.54 Å². The molecule has 0 fully saturated rings. The van der Waals surface area contributed by atoms with Crippen LogP contribution in [0.5, 0.6) is 11.6 Å². The van der Waals surface area contributed by atoms with E-state index in [0.717, 1.165) is 0 Å². The van der Waals surface area contributed by atoms with Crippen LogP contribution < -0.4 is 11.3 Å². The van der Waals surface area contributed by atoms with Crippen LogP contribution >= 0.6 is 0 Å². The first-order chi connectivity index (χ1) is 8.63. The third-order valence-electron chi connectivity index (χ3n) is 2.71. The maximum Gasteiger partial charge on any atom is 0.271 e. The number of hydrogen-bond donors (Lipinski definition) is 4. The zero-order valence-electron chi connectivity index (χ0n) is 9.76. The van der Waals surface area contributed by atoms with Gasteiger partial charge in [-0.05, 0) is 43.7 Å². The molecule has 0 amide bonds. The van der Waals surface area contributed by atoms with Crippen LogP contribution in [0.1, 0.15) is 12.0 Å². The molecule has 0 bridgehead atoms. The molecule has 1 heterocycles. The maximum absolute atomic E-state index is 11.7. The number of aromatic nitrogens is 2. The predicted molar refractivity (Wildman–Crippen MR) is 67.1 cm³/mol. The second kappa shape index (κ2) is 4.97. The Morgan fingerprint density at radius 2 is 1.89 bits per heavy atom. The summed E-state index contributed by atoms with van der Waals surface area (Å²) >= 11 is 0. The van der Waals surface area contributed by atoms with Gasteiger partial charge in [-0.3, -0.25) is 9.89 Å². The lowest BCUT2D eigenvalue weighted by atomic mass is 10.2. The molecule has 0 spiro atoms. The van der Waals surface area contributed by atoms with E-state index in [4.69, 9.17) is 5.73 Å². The van der Waals surface area contributed by atoms with Crippen molar-refractivity contribution in [1.29, 1.82) is 0 Å². The Hall–Kier alpha value is -2.21. The lowest BCUT2D eigenvalue weighted by Gasteiger charge is -2.04. The molecule has 0 aliphatic heterocycles. The summed E-state index contributed by atoms with van der Waals surface area (Å²) < 4.78 is 1.29. The smallest absolute Gasteiger partial charge is 0.271 e. The van der Waals surface area contributed by atoms with E-state index < -0.39 is 0 Å². The molecule has 6 nitrogen and oxygen atoms in total. The van der Waals surface area contributed by atoms with Crippen molar-refractivity contribution in [2.45, 2.75) is 12.8 Å². The molecule has 0 saturated carbocycles. The molecule has 96 valence electrons. The van der Waals surface area contributed by atoms with Crippen LogP contribution in [-0.2, 0) is 6.42 Å². The molecule has 0 saturated heterocycles. The number of aromatic hydroxyl groups is 2. The van der Waals surface area contributed by atoms with E-state index in [0.29, 0.717) is 30.6 Å². The minimum Gasteiger partial charge on any atom is -0.508 e. The Bertz CT molecular complexity index is 584. The van der Waals surface area contributed by atoms with Crippen molar-refractivity contribution >= 4 is 0 Å². The summed E-state index contributed by atoms with van der Waals surface area (Å²) in [6.45, 7) is 0.462. The van der Waals surface area contributed by atoms with Crippen LogP contribution in [0.2, 0.25) is 0 Å². The monoisotopic (exact) mass is 249 g/mol. The second-order valence-corrected chi connectivity index (χ2v) is 3.99. The summed E-state index contributed by atoms with van der Waals surface area (Å²) in [4.78, 5) is 11.7. The Morgan fingerprint density at radius 1 is 1.22 bits per heavy atom. The van der Waals surface area contributed by atoms with E-state index >= 15 is 0 Å². The normalized spacial score (nSPS) is 10.7. The van der Waals surface area contributed by atoms with Gasteiger partial charge in [0, 0.05) is 0 Å². The standard InChI is InChI=1S/C12H15N3O3/c13-7-1-2-10-11(17)14-15(12(10)18)8-3-5-9(16)6-4-8/h3-6,16,18H,1-2,7,13H2,(H,14,17). The quantitative estimate of drug-likeness (QED) is 0.632. The second-order valence-electron chi connectivity index (χ2n) is 3.99. The summed E-state index contributed by atoms with van der Waals surface area (Å²) in [5.74, 6) is 0.00948. The number of rotatable bonds is 4. The molecule has 5 N–H and O–H groups in total. The van der Waals surface area contributed by atoms with E-state index in [1.54, 1.807) is 12.1 Å². The molecule has 1 aromatic carbocycles. The number of nitrogens with one attached hydrogen (secondary N) is 1. The Balaban J connectivity index is 2.40. The first-order valence-electron chi connectivity index (χ1n) is 5.66. The van der Waals surface area contributed by atoms with Gasteiger partial charge in [0.25, 0.3) is 5.56 Å². The van der Waals surface area contributed by atoms with Crippen LogP contribution in [-0.4, -0.2) is 26.5 Å². The lowest BCUT2D eigenvalue weighted by Crippen LogP contribution is -2.09. The zero-order valence-corrected chi connectivity index (χ0v) is 9.76. The molecule has 2 rings (SSSR count). The average Bonchev–Trinajstić information content (AvgIpc) is 2.64. The van der Waals surface area contributed by atoms with Gasteiger partial charge in [-0.2, -0.15) is 0 Å². The number of aromatic amines is 1. The van der Waals surface area contributed by atoms with Gasteiger partial charge in [-0.1, -0.05) is 0 Å². The average molecular weight is 249 g/mol. The fourth-order valence-electron chi connectivity index (χ4n) is 1.75. The topological polar surface area (TPSA) is 104 Å². The molecule has 0 unspecified atom stereocenters. The summed E-state index contributed by atoms with van der Waals surface area (Å²) in [5, 5.41) is 21.7. The molecule has 0 radical (unpaired) electrons. The molecule has 0 aliphatic carbocycles. The number of benzene rings is 1. The minimum absolute atomic E-state index is 0.112. The molecule has 2 aromatic rings. The van der Waals surface area contributed by atoms with Gasteiger partial charge in [0.05, 0.1) is 11.3 Å². The van der Waals surface area contributed by atoms with Gasteiger partial charge in [-0.25, -0.2) is 4.68 Å². The van der Waals surface area contributed by atoms with Crippen LogP contribution in [0.4, 0.5) is 0 Å². The van der Waals surface area contributed by atoms with Gasteiger partial charge >= 0.3 is 0 Å². The number of H-pyrrole nitrogens is 1. The number of phenolic OH excluding ortho intramolecular Hbond substituents is 1. The highest BCUT2D eigenvalue weighted by Crippen LogP contribution is 2.20. The van der Waals surface area contributed by atoms with Crippen molar-refractivity contribution in [3.05, 3.63) is 40.2 Å². The van der Waals surface area contributed by atoms with E-state index in [9.17, 15) is 15.0 Å². The van der Waals surface area contributed by atoms with Crippen LogP contribution in [0.15, 0.2) is 29.1 Å². The lowest BCUT2D eigenvalue weighted by molar-refractivity contribution is 0.427. The van der Waals surface area contributed by atoms with Crippen molar-refractivity contribution in [3.8, 4) is 17.3 Å². The maximum atomic E-state index is 11.7. The third kappa shape index (κ3) is 2.23. The fourth-order valence-corrected chi connectivity index (χ4v) is 1.75. The van der Waals surface area contributed by atoms with Gasteiger partial charge in [0.2, 0.25) is 5.88 Å². The van der Waals surface area contributed by atoms with E-state index in [2.05, 4.69) is 5.10 Å². The molecule has 0 atom stereocenters. The highest BCUT2D eigenvalue weighted by atomic mass is 16.3. The highest BCUT2D eigenvalue weighted by molar-refractivity contribution is 5.40. The van der Waals surface area contributed by atoms with E-state index in [1.165, 1.54) is 16.8 Å².